The molecule has 0 spiro atoms. The Labute approximate surface area is 220 Å². The van der Waals surface area contributed by atoms with Gasteiger partial charge >= 0.3 is 12.0 Å². The molecular formula is C28H32F2N4O4. The number of hydrogen-bond acceptors (Lipinski definition) is 5. The zero-order chi connectivity index (χ0) is 27.4. The van der Waals surface area contributed by atoms with Gasteiger partial charge in [-0.05, 0) is 56.7 Å². The fourth-order valence-corrected chi connectivity index (χ4v) is 5.04. The van der Waals surface area contributed by atoms with Gasteiger partial charge in [0.1, 0.15) is 11.6 Å². The number of likely N-dealkylation sites (N-methyl/N-ethyl adjacent to an activating group) is 1. The van der Waals surface area contributed by atoms with E-state index in [1.165, 1.54) is 47.4 Å². The van der Waals surface area contributed by atoms with Crippen LogP contribution < -0.4 is 5.32 Å². The summed E-state index contributed by atoms with van der Waals surface area (Å²) in [5.74, 6) is -1.69. The normalized spacial score (nSPS) is 20.4. The summed E-state index contributed by atoms with van der Waals surface area (Å²) in [6, 6.07) is 9.93. The van der Waals surface area contributed by atoms with Crippen LogP contribution in [-0.4, -0.2) is 78.0 Å². The van der Waals surface area contributed by atoms with Gasteiger partial charge in [0, 0.05) is 50.0 Å². The second-order valence-electron chi connectivity index (χ2n) is 9.35. The second kappa shape index (κ2) is 11.7. The number of hydrogen-bond donors (Lipinski definition) is 1. The maximum atomic E-state index is 13.7. The van der Waals surface area contributed by atoms with Gasteiger partial charge in [0.2, 0.25) is 0 Å². The first-order valence-corrected chi connectivity index (χ1v) is 12.8. The Bertz CT molecular complexity index is 1230. The van der Waals surface area contributed by atoms with E-state index in [9.17, 15) is 23.2 Å². The fourth-order valence-electron chi connectivity index (χ4n) is 5.04. The van der Waals surface area contributed by atoms with Crippen molar-refractivity contribution in [2.24, 2.45) is 0 Å². The molecule has 0 bridgehead atoms. The molecular weight excluding hydrogens is 494 g/mol. The molecule has 1 N–H and O–H groups in total. The predicted octanol–water partition coefficient (Wildman–Crippen LogP) is 3.71. The predicted molar refractivity (Wildman–Crippen MR) is 137 cm³/mol. The van der Waals surface area contributed by atoms with Crippen molar-refractivity contribution in [3.05, 3.63) is 82.6 Å². The van der Waals surface area contributed by atoms with Crippen LogP contribution in [-0.2, 0) is 9.53 Å². The molecule has 202 valence electrons. The van der Waals surface area contributed by atoms with Gasteiger partial charge in [-0.1, -0.05) is 18.2 Å². The van der Waals surface area contributed by atoms with Gasteiger partial charge in [0.05, 0.1) is 18.2 Å². The Balaban J connectivity index is 1.62. The lowest BCUT2D eigenvalue weighted by atomic mass is 9.94. The quantitative estimate of drug-likeness (QED) is 0.557. The summed E-state index contributed by atoms with van der Waals surface area (Å²) in [4.78, 5) is 44.6. The minimum Gasteiger partial charge on any atom is -0.463 e. The number of carbonyl (C=O) groups is 3. The average Bonchev–Trinajstić information content (AvgIpc) is 2.89. The number of urea groups is 1. The van der Waals surface area contributed by atoms with Crippen molar-refractivity contribution < 1.29 is 27.9 Å². The summed E-state index contributed by atoms with van der Waals surface area (Å²) in [6.45, 7) is 7.58. The number of halogens is 2. The van der Waals surface area contributed by atoms with E-state index < -0.39 is 23.6 Å². The molecule has 2 heterocycles. The number of ether oxygens (including phenoxy) is 1. The largest absolute Gasteiger partial charge is 0.463 e. The van der Waals surface area contributed by atoms with Crippen LogP contribution in [0.15, 0.2) is 59.8 Å². The SMILES string of the molecule is CCOC(=O)C1=C(CN2CCN(C(=O)c3cccc(F)c3)[C@@H](C)C2)N(CC)C(=O)N[C@@H]1c1ccc(F)cc1. The summed E-state index contributed by atoms with van der Waals surface area (Å²) in [7, 11) is 0. The van der Waals surface area contributed by atoms with Crippen molar-refractivity contribution in [1.29, 1.82) is 0 Å². The van der Waals surface area contributed by atoms with Crippen molar-refractivity contribution >= 4 is 17.9 Å². The first-order chi connectivity index (χ1) is 18.2. The molecule has 2 aromatic carbocycles. The molecule has 2 atom stereocenters. The third kappa shape index (κ3) is 5.70. The van der Waals surface area contributed by atoms with Gasteiger partial charge in [-0.25, -0.2) is 18.4 Å². The molecule has 38 heavy (non-hydrogen) atoms. The van der Waals surface area contributed by atoms with E-state index >= 15 is 0 Å². The molecule has 4 rings (SSSR count). The lowest BCUT2D eigenvalue weighted by Crippen LogP contribution is -2.56. The minimum absolute atomic E-state index is 0.156. The van der Waals surface area contributed by atoms with Gasteiger partial charge in [-0.15, -0.1) is 0 Å². The van der Waals surface area contributed by atoms with E-state index in [0.717, 1.165) is 0 Å². The highest BCUT2D eigenvalue weighted by Gasteiger charge is 2.39. The highest BCUT2D eigenvalue weighted by Crippen LogP contribution is 2.32. The summed E-state index contributed by atoms with van der Waals surface area (Å²) in [5, 5.41) is 2.87. The van der Waals surface area contributed by atoms with Crippen molar-refractivity contribution in [1.82, 2.24) is 20.0 Å². The average molecular weight is 527 g/mol. The van der Waals surface area contributed by atoms with Crippen molar-refractivity contribution in [2.75, 3.05) is 39.3 Å². The number of benzene rings is 2. The number of amides is 3. The van der Waals surface area contributed by atoms with Crippen molar-refractivity contribution in [2.45, 2.75) is 32.9 Å². The number of rotatable bonds is 7. The van der Waals surface area contributed by atoms with Gasteiger partial charge < -0.3 is 15.0 Å². The Morgan fingerprint density at radius 1 is 1.05 bits per heavy atom. The zero-order valence-corrected chi connectivity index (χ0v) is 21.7. The topological polar surface area (TPSA) is 82.2 Å². The van der Waals surface area contributed by atoms with E-state index in [-0.39, 0.29) is 31.1 Å². The number of carbonyl (C=O) groups excluding carboxylic acids is 3. The molecule has 3 amide bonds. The van der Waals surface area contributed by atoms with Crippen LogP contribution in [0.1, 0.15) is 42.7 Å². The zero-order valence-electron chi connectivity index (χ0n) is 21.7. The maximum absolute atomic E-state index is 13.7. The van der Waals surface area contributed by atoms with Gasteiger partial charge in [-0.3, -0.25) is 14.6 Å². The van der Waals surface area contributed by atoms with Crippen molar-refractivity contribution in [3.8, 4) is 0 Å². The van der Waals surface area contributed by atoms with E-state index in [1.807, 2.05) is 13.8 Å². The number of piperazine rings is 1. The van der Waals surface area contributed by atoms with Crippen LogP contribution in [0.4, 0.5) is 13.6 Å². The Morgan fingerprint density at radius 2 is 1.79 bits per heavy atom. The molecule has 2 aliphatic rings. The molecule has 0 radical (unpaired) electrons. The molecule has 8 nitrogen and oxygen atoms in total. The van der Waals surface area contributed by atoms with E-state index in [2.05, 4.69) is 10.2 Å². The van der Waals surface area contributed by atoms with Gasteiger partial charge in [0.15, 0.2) is 0 Å². The van der Waals surface area contributed by atoms with E-state index in [1.54, 1.807) is 17.9 Å². The van der Waals surface area contributed by atoms with E-state index in [4.69, 9.17) is 4.74 Å². The minimum atomic E-state index is -0.798. The molecule has 0 aromatic heterocycles. The summed E-state index contributed by atoms with van der Waals surface area (Å²) >= 11 is 0. The number of esters is 1. The van der Waals surface area contributed by atoms with Crippen LogP contribution in [0, 0.1) is 11.6 Å². The van der Waals surface area contributed by atoms with E-state index in [0.29, 0.717) is 48.6 Å². The molecule has 2 aliphatic heterocycles. The Hall–Kier alpha value is -3.79. The smallest absolute Gasteiger partial charge is 0.338 e. The van der Waals surface area contributed by atoms with Crippen LogP contribution in [0.2, 0.25) is 0 Å². The molecule has 1 saturated heterocycles. The molecule has 2 aromatic rings. The Morgan fingerprint density at radius 3 is 2.42 bits per heavy atom. The highest BCUT2D eigenvalue weighted by atomic mass is 19.1. The lowest BCUT2D eigenvalue weighted by molar-refractivity contribution is -0.139. The van der Waals surface area contributed by atoms with Crippen molar-refractivity contribution in [3.63, 3.8) is 0 Å². The second-order valence-corrected chi connectivity index (χ2v) is 9.35. The van der Waals surface area contributed by atoms with Gasteiger partial charge in [-0.2, -0.15) is 0 Å². The van der Waals surface area contributed by atoms with Crippen LogP contribution in [0.5, 0.6) is 0 Å². The number of nitrogens with one attached hydrogen (secondary N) is 1. The van der Waals surface area contributed by atoms with Gasteiger partial charge in [0.25, 0.3) is 5.91 Å². The molecule has 0 unspecified atom stereocenters. The molecule has 0 saturated carbocycles. The summed E-state index contributed by atoms with van der Waals surface area (Å²) in [5.41, 5.74) is 1.67. The maximum Gasteiger partial charge on any atom is 0.338 e. The monoisotopic (exact) mass is 526 g/mol. The summed E-state index contributed by atoms with van der Waals surface area (Å²) < 4.78 is 32.7. The summed E-state index contributed by atoms with van der Waals surface area (Å²) in [6.07, 6.45) is 0. The van der Waals surface area contributed by atoms with Crippen LogP contribution in [0.25, 0.3) is 0 Å². The standard InChI is InChI=1S/C28H32F2N4O4/c1-4-33-23(17-32-13-14-34(18(3)16-32)26(35)20-7-6-8-22(30)15-20)24(27(36)38-5-2)25(31-28(33)37)19-9-11-21(29)12-10-19/h6-12,15,18,25H,4-5,13-14,16-17H2,1-3H3,(H,31,37)/t18-,25+/m0/s1. The molecule has 0 aliphatic carbocycles. The van der Waals surface area contributed by atoms with Crippen LogP contribution in [0.3, 0.4) is 0 Å². The Kier molecular flexibility index (Phi) is 8.41. The first-order valence-electron chi connectivity index (χ1n) is 12.8. The number of nitrogens with zero attached hydrogens (tertiary/aromatic N) is 3. The van der Waals surface area contributed by atoms with Crippen LogP contribution >= 0.6 is 0 Å². The third-order valence-electron chi connectivity index (χ3n) is 6.87. The molecule has 10 heteroatoms. The first kappa shape index (κ1) is 27.3. The highest BCUT2D eigenvalue weighted by molar-refractivity contribution is 5.95. The lowest BCUT2D eigenvalue weighted by Gasteiger charge is -2.43. The fraction of sp³-hybridized carbons (Fsp3) is 0.393. The third-order valence-corrected chi connectivity index (χ3v) is 6.87. The molecule has 1 fully saturated rings.